The highest BCUT2D eigenvalue weighted by atomic mass is 32.1. The summed E-state index contributed by atoms with van der Waals surface area (Å²) in [5.41, 5.74) is 6.51. The molecule has 0 spiro atoms. The largest absolute Gasteiger partial charge is 0.389 e. The van der Waals surface area contributed by atoms with Gasteiger partial charge in [0.1, 0.15) is 5.69 Å². The fourth-order valence-corrected chi connectivity index (χ4v) is 4.82. The van der Waals surface area contributed by atoms with Crippen molar-refractivity contribution in [2.45, 2.75) is 26.0 Å². The van der Waals surface area contributed by atoms with Crippen molar-refractivity contribution < 1.29 is 9.84 Å². The Balaban J connectivity index is 1.74. The molecule has 3 aromatic heterocycles. The molecule has 4 rings (SSSR count). The molecular formula is C20H27N7O2S. The Kier molecular flexibility index (Phi) is 5.83. The third kappa shape index (κ3) is 4.84. The van der Waals surface area contributed by atoms with Gasteiger partial charge in [0.05, 0.1) is 29.0 Å². The number of rotatable bonds is 6. The number of aliphatic hydroxyl groups is 1. The van der Waals surface area contributed by atoms with E-state index >= 15 is 0 Å². The Morgan fingerprint density at radius 3 is 2.73 bits per heavy atom. The number of likely N-dealkylation sites (N-methyl/N-ethyl adjacent to an activating group) is 1. The van der Waals surface area contributed by atoms with Crippen LogP contribution in [0.2, 0.25) is 0 Å². The molecule has 0 atom stereocenters. The number of ether oxygens (including phenoxy) is 1. The Labute approximate surface area is 179 Å². The number of nitrogen functional groups attached to an aromatic ring is 1. The maximum atomic E-state index is 10.1. The lowest BCUT2D eigenvalue weighted by Gasteiger charge is -2.28. The number of nitrogens with zero attached hydrogens (tertiary/aromatic N) is 6. The third-order valence-corrected chi connectivity index (χ3v) is 5.81. The maximum Gasteiger partial charge on any atom is 0.220 e. The van der Waals surface area contributed by atoms with Crippen molar-refractivity contribution in [3.05, 3.63) is 23.2 Å². The summed E-state index contributed by atoms with van der Waals surface area (Å²) in [4.78, 5) is 23.4. The van der Waals surface area contributed by atoms with E-state index in [1.807, 2.05) is 20.9 Å². The van der Waals surface area contributed by atoms with E-state index in [2.05, 4.69) is 25.8 Å². The van der Waals surface area contributed by atoms with E-state index in [4.69, 9.17) is 20.4 Å². The van der Waals surface area contributed by atoms with Crippen molar-refractivity contribution in [3.63, 3.8) is 0 Å². The van der Waals surface area contributed by atoms with E-state index in [1.165, 1.54) is 4.88 Å². The molecule has 0 unspecified atom stereocenters. The zero-order valence-electron chi connectivity index (χ0n) is 17.5. The molecule has 0 bridgehead atoms. The van der Waals surface area contributed by atoms with Gasteiger partial charge in [0.25, 0.3) is 0 Å². The number of morpholine rings is 1. The number of hydrogen-bond donors (Lipinski definition) is 2. The first-order chi connectivity index (χ1) is 14.3. The SMILES string of the molecule is CN(Cc1cc2nc(-c3ccnc(N)n3)nc(N3CCOCC3)c2s1)CC(C)(C)O. The molecule has 1 aliphatic rings. The van der Waals surface area contributed by atoms with Crippen molar-refractivity contribution in [2.24, 2.45) is 0 Å². The molecule has 160 valence electrons. The zero-order chi connectivity index (χ0) is 21.3. The topological polar surface area (TPSA) is 114 Å². The summed E-state index contributed by atoms with van der Waals surface area (Å²) in [7, 11) is 2.01. The monoisotopic (exact) mass is 429 g/mol. The molecule has 30 heavy (non-hydrogen) atoms. The minimum atomic E-state index is -0.746. The summed E-state index contributed by atoms with van der Waals surface area (Å²) in [5.74, 6) is 1.63. The van der Waals surface area contributed by atoms with Crippen LogP contribution in [-0.4, -0.2) is 75.4 Å². The predicted molar refractivity (Wildman–Crippen MR) is 119 cm³/mol. The second kappa shape index (κ2) is 8.38. The number of thiophene rings is 1. The lowest BCUT2D eigenvalue weighted by Crippen LogP contribution is -2.36. The molecule has 3 N–H and O–H groups in total. The minimum Gasteiger partial charge on any atom is -0.389 e. The summed E-state index contributed by atoms with van der Waals surface area (Å²) in [6.07, 6.45) is 1.62. The zero-order valence-corrected chi connectivity index (χ0v) is 18.3. The molecule has 10 heteroatoms. The average Bonchev–Trinajstić information content (AvgIpc) is 3.08. The van der Waals surface area contributed by atoms with Crippen LogP contribution in [0.4, 0.5) is 11.8 Å². The van der Waals surface area contributed by atoms with Gasteiger partial charge in [-0.25, -0.2) is 19.9 Å². The predicted octanol–water partition coefficient (Wildman–Crippen LogP) is 1.77. The van der Waals surface area contributed by atoms with Crippen LogP contribution >= 0.6 is 11.3 Å². The van der Waals surface area contributed by atoms with Gasteiger partial charge in [-0.1, -0.05) is 0 Å². The van der Waals surface area contributed by atoms with Crippen LogP contribution < -0.4 is 10.6 Å². The molecule has 1 fully saturated rings. The van der Waals surface area contributed by atoms with Crippen molar-refractivity contribution in [2.75, 3.05) is 50.5 Å². The van der Waals surface area contributed by atoms with Crippen LogP contribution in [0.5, 0.6) is 0 Å². The maximum absolute atomic E-state index is 10.1. The van der Waals surface area contributed by atoms with E-state index in [1.54, 1.807) is 23.6 Å². The molecule has 1 aliphatic heterocycles. The van der Waals surface area contributed by atoms with Gasteiger partial charge in [-0.2, -0.15) is 0 Å². The molecule has 0 radical (unpaired) electrons. The van der Waals surface area contributed by atoms with Crippen LogP contribution in [0.25, 0.3) is 21.7 Å². The molecule has 9 nitrogen and oxygen atoms in total. The second-order valence-corrected chi connectivity index (χ2v) is 9.32. The highest BCUT2D eigenvalue weighted by Crippen LogP contribution is 2.34. The van der Waals surface area contributed by atoms with Crippen molar-refractivity contribution >= 4 is 33.3 Å². The summed E-state index contributed by atoms with van der Waals surface area (Å²) in [5, 5.41) is 10.1. The first kappa shape index (κ1) is 20.9. The van der Waals surface area contributed by atoms with Gasteiger partial charge in [0, 0.05) is 37.3 Å². The van der Waals surface area contributed by atoms with Gasteiger partial charge in [0.15, 0.2) is 11.6 Å². The summed E-state index contributed by atoms with van der Waals surface area (Å²) in [6.45, 7) is 7.85. The van der Waals surface area contributed by atoms with Crippen LogP contribution in [0, 0.1) is 0 Å². The van der Waals surface area contributed by atoms with Crippen LogP contribution in [0.1, 0.15) is 18.7 Å². The molecule has 0 saturated carbocycles. The quantitative estimate of drug-likeness (QED) is 0.605. The number of hydrogen-bond acceptors (Lipinski definition) is 10. The molecule has 3 aromatic rings. The van der Waals surface area contributed by atoms with Gasteiger partial charge in [-0.3, -0.25) is 4.90 Å². The van der Waals surface area contributed by atoms with Crippen molar-refractivity contribution in [1.82, 2.24) is 24.8 Å². The summed E-state index contributed by atoms with van der Waals surface area (Å²) < 4.78 is 6.57. The Bertz CT molecular complexity index is 1030. The average molecular weight is 430 g/mol. The van der Waals surface area contributed by atoms with Crippen molar-refractivity contribution in [1.29, 1.82) is 0 Å². The number of fused-ring (bicyclic) bond motifs is 1. The van der Waals surface area contributed by atoms with Gasteiger partial charge < -0.3 is 20.5 Å². The van der Waals surface area contributed by atoms with Crippen LogP contribution in [0.15, 0.2) is 18.3 Å². The van der Waals surface area contributed by atoms with Gasteiger partial charge in [-0.15, -0.1) is 11.3 Å². The second-order valence-electron chi connectivity index (χ2n) is 8.18. The smallest absolute Gasteiger partial charge is 0.220 e. The molecule has 0 amide bonds. The van der Waals surface area contributed by atoms with E-state index in [0.717, 1.165) is 35.7 Å². The van der Waals surface area contributed by atoms with Gasteiger partial charge in [0.2, 0.25) is 5.95 Å². The fraction of sp³-hybridized carbons (Fsp3) is 0.500. The third-order valence-electron chi connectivity index (χ3n) is 4.70. The molecule has 1 saturated heterocycles. The van der Waals surface area contributed by atoms with E-state index < -0.39 is 5.60 Å². The number of aromatic nitrogens is 4. The molecule has 0 aromatic carbocycles. The number of anilines is 2. The highest BCUT2D eigenvalue weighted by molar-refractivity contribution is 7.19. The Morgan fingerprint density at radius 1 is 1.27 bits per heavy atom. The van der Waals surface area contributed by atoms with Crippen LogP contribution in [0.3, 0.4) is 0 Å². The Morgan fingerprint density at radius 2 is 2.03 bits per heavy atom. The summed E-state index contributed by atoms with van der Waals surface area (Å²) in [6, 6.07) is 3.87. The first-order valence-corrected chi connectivity index (χ1v) is 10.7. The fourth-order valence-electron chi connectivity index (χ4n) is 3.63. The number of nitrogens with two attached hydrogens (primary N) is 1. The van der Waals surface area contributed by atoms with E-state index in [-0.39, 0.29) is 5.95 Å². The lowest BCUT2D eigenvalue weighted by molar-refractivity contribution is 0.0427. The first-order valence-electron chi connectivity index (χ1n) is 9.91. The van der Waals surface area contributed by atoms with E-state index in [0.29, 0.717) is 31.3 Å². The minimum absolute atomic E-state index is 0.198. The Hall–Kier alpha value is -2.40. The van der Waals surface area contributed by atoms with Gasteiger partial charge >= 0.3 is 0 Å². The highest BCUT2D eigenvalue weighted by Gasteiger charge is 2.22. The van der Waals surface area contributed by atoms with Crippen molar-refractivity contribution in [3.8, 4) is 11.5 Å². The summed E-state index contributed by atoms with van der Waals surface area (Å²) >= 11 is 1.69. The molecular weight excluding hydrogens is 402 g/mol. The van der Waals surface area contributed by atoms with E-state index in [9.17, 15) is 5.11 Å². The lowest BCUT2D eigenvalue weighted by atomic mass is 10.1. The normalized spacial score (nSPS) is 15.3. The molecule has 4 heterocycles. The van der Waals surface area contributed by atoms with Gasteiger partial charge in [-0.05, 0) is 33.0 Å². The van der Waals surface area contributed by atoms with Crippen LogP contribution in [-0.2, 0) is 11.3 Å². The molecule has 0 aliphatic carbocycles. The standard InChI is InChI=1S/C20H27N7O2S/c1-20(2,28)12-26(3)11-13-10-15-16(30-13)18(27-6-8-29-9-7-27)25-17(23-15)14-4-5-22-19(21)24-14/h4-5,10,28H,6-9,11-12H2,1-3H3,(H2,21,22,24).